The largest absolute Gasteiger partial charge is 0.378 e. The van der Waals surface area contributed by atoms with Gasteiger partial charge < -0.3 is 4.74 Å². The van der Waals surface area contributed by atoms with E-state index in [4.69, 9.17) is 4.74 Å². The van der Waals surface area contributed by atoms with Crippen molar-refractivity contribution in [3.8, 4) is 0 Å². The summed E-state index contributed by atoms with van der Waals surface area (Å²) in [6, 6.07) is 0. The minimum Gasteiger partial charge on any atom is -0.378 e. The number of ketones is 1. The van der Waals surface area contributed by atoms with Crippen LogP contribution in [0.15, 0.2) is 0 Å². The topological polar surface area (TPSA) is 26.3 Å². The molecule has 2 heteroatoms. The molecule has 0 aromatic carbocycles. The number of rotatable bonds is 2. The van der Waals surface area contributed by atoms with Crippen LogP contribution in [0.2, 0.25) is 0 Å². The van der Waals surface area contributed by atoms with E-state index in [9.17, 15) is 4.79 Å². The van der Waals surface area contributed by atoms with E-state index in [-0.39, 0.29) is 11.5 Å². The SMILES string of the molecule is CCO[C@H]1CC(=O)[C@@]2(C)C[C@H]2C1. The third kappa shape index (κ3) is 1.09. The van der Waals surface area contributed by atoms with Crippen molar-refractivity contribution in [2.45, 2.75) is 39.2 Å². The number of fused-ring (bicyclic) bond motifs is 1. The Bertz CT molecular complexity index is 212. The van der Waals surface area contributed by atoms with Crippen LogP contribution in [-0.4, -0.2) is 18.5 Å². The lowest BCUT2D eigenvalue weighted by Crippen LogP contribution is -2.29. The Labute approximate surface area is 73.3 Å². The summed E-state index contributed by atoms with van der Waals surface area (Å²) < 4.78 is 5.47. The minimum absolute atomic E-state index is 0.0631. The van der Waals surface area contributed by atoms with Gasteiger partial charge in [-0.2, -0.15) is 0 Å². The summed E-state index contributed by atoms with van der Waals surface area (Å²) >= 11 is 0. The van der Waals surface area contributed by atoms with Gasteiger partial charge in [-0.3, -0.25) is 4.79 Å². The van der Waals surface area contributed by atoms with E-state index in [0.717, 1.165) is 19.4 Å². The molecular weight excluding hydrogens is 152 g/mol. The van der Waals surface area contributed by atoms with Crippen molar-refractivity contribution in [2.75, 3.05) is 6.61 Å². The van der Waals surface area contributed by atoms with Gasteiger partial charge in [0.15, 0.2) is 0 Å². The molecule has 0 radical (unpaired) electrons. The first-order chi connectivity index (χ1) is 5.66. The highest BCUT2D eigenvalue weighted by atomic mass is 16.5. The molecule has 0 amide bonds. The fraction of sp³-hybridized carbons (Fsp3) is 0.900. The first-order valence-electron chi connectivity index (χ1n) is 4.81. The number of hydrogen-bond donors (Lipinski definition) is 0. The molecule has 0 aliphatic heterocycles. The third-order valence-corrected chi connectivity index (χ3v) is 3.41. The highest BCUT2D eigenvalue weighted by molar-refractivity contribution is 5.89. The van der Waals surface area contributed by atoms with Crippen molar-refractivity contribution >= 4 is 5.78 Å². The van der Waals surface area contributed by atoms with Crippen LogP contribution in [-0.2, 0) is 9.53 Å². The molecule has 0 N–H and O–H groups in total. The van der Waals surface area contributed by atoms with E-state index in [0.29, 0.717) is 18.1 Å². The molecule has 0 heterocycles. The highest BCUT2D eigenvalue weighted by Crippen LogP contribution is 2.59. The van der Waals surface area contributed by atoms with Gasteiger partial charge in [0.05, 0.1) is 6.10 Å². The quantitative estimate of drug-likeness (QED) is 0.628. The fourth-order valence-electron chi connectivity index (χ4n) is 2.34. The monoisotopic (exact) mass is 168 g/mol. The van der Waals surface area contributed by atoms with Crippen LogP contribution in [0.1, 0.15) is 33.1 Å². The van der Waals surface area contributed by atoms with Gasteiger partial charge >= 0.3 is 0 Å². The predicted molar refractivity (Wildman–Crippen MR) is 45.9 cm³/mol. The second-order valence-corrected chi connectivity index (χ2v) is 4.26. The molecule has 0 saturated heterocycles. The van der Waals surface area contributed by atoms with Crippen LogP contribution in [0.3, 0.4) is 0 Å². The van der Waals surface area contributed by atoms with E-state index in [2.05, 4.69) is 6.92 Å². The molecule has 2 rings (SSSR count). The van der Waals surface area contributed by atoms with Crippen LogP contribution in [0.25, 0.3) is 0 Å². The Kier molecular flexibility index (Phi) is 1.76. The summed E-state index contributed by atoms with van der Waals surface area (Å²) in [6.07, 6.45) is 3.09. The van der Waals surface area contributed by atoms with Crippen molar-refractivity contribution in [3.63, 3.8) is 0 Å². The van der Waals surface area contributed by atoms with E-state index in [1.807, 2.05) is 6.92 Å². The molecule has 0 aromatic heterocycles. The zero-order valence-electron chi connectivity index (χ0n) is 7.80. The maximum absolute atomic E-state index is 11.6. The lowest BCUT2D eigenvalue weighted by Gasteiger charge is -2.24. The molecule has 3 atom stereocenters. The molecule has 0 aromatic rings. The zero-order chi connectivity index (χ0) is 8.77. The summed E-state index contributed by atoms with van der Waals surface area (Å²) in [4.78, 5) is 11.6. The summed E-state index contributed by atoms with van der Waals surface area (Å²) in [5, 5.41) is 0. The first kappa shape index (κ1) is 8.24. The highest BCUT2D eigenvalue weighted by Gasteiger charge is 2.58. The molecule has 2 aliphatic carbocycles. The molecule has 12 heavy (non-hydrogen) atoms. The summed E-state index contributed by atoms with van der Waals surface area (Å²) in [5.74, 6) is 1.06. The second kappa shape index (κ2) is 2.56. The standard InChI is InChI=1S/C10H16O2/c1-3-12-8-4-7-6-10(7,2)9(11)5-8/h7-8H,3-6H2,1-2H3/t7-,8-,10+/m1/s1. The third-order valence-electron chi connectivity index (χ3n) is 3.41. The van der Waals surface area contributed by atoms with Gasteiger partial charge in [-0.25, -0.2) is 0 Å². The Morgan fingerprint density at radius 1 is 1.67 bits per heavy atom. The van der Waals surface area contributed by atoms with Gasteiger partial charge in [-0.05, 0) is 25.7 Å². The molecule has 0 unspecified atom stereocenters. The number of carbonyl (C=O) groups is 1. The van der Waals surface area contributed by atoms with Crippen LogP contribution < -0.4 is 0 Å². The van der Waals surface area contributed by atoms with Crippen molar-refractivity contribution in [3.05, 3.63) is 0 Å². The number of ether oxygens (including phenoxy) is 1. The maximum Gasteiger partial charge on any atom is 0.141 e. The molecular formula is C10H16O2. The van der Waals surface area contributed by atoms with Crippen molar-refractivity contribution in [1.29, 1.82) is 0 Å². The smallest absolute Gasteiger partial charge is 0.141 e. The van der Waals surface area contributed by atoms with Gasteiger partial charge in [-0.15, -0.1) is 0 Å². The summed E-state index contributed by atoms with van der Waals surface area (Å²) in [6.45, 7) is 4.83. The van der Waals surface area contributed by atoms with Gasteiger partial charge in [0.2, 0.25) is 0 Å². The van der Waals surface area contributed by atoms with Crippen LogP contribution in [0, 0.1) is 11.3 Å². The molecule has 2 aliphatic rings. The van der Waals surface area contributed by atoms with Gasteiger partial charge in [0, 0.05) is 18.4 Å². The Morgan fingerprint density at radius 2 is 2.42 bits per heavy atom. The van der Waals surface area contributed by atoms with Crippen molar-refractivity contribution in [1.82, 2.24) is 0 Å². The average Bonchev–Trinajstić information content (AvgIpc) is 2.63. The molecule has 2 nitrogen and oxygen atoms in total. The van der Waals surface area contributed by atoms with E-state index < -0.39 is 0 Å². The van der Waals surface area contributed by atoms with Crippen LogP contribution >= 0.6 is 0 Å². The van der Waals surface area contributed by atoms with Gasteiger partial charge in [-0.1, -0.05) is 6.92 Å². The molecule has 2 fully saturated rings. The summed E-state index contributed by atoms with van der Waals surface area (Å²) in [7, 11) is 0. The molecule has 0 spiro atoms. The first-order valence-corrected chi connectivity index (χ1v) is 4.81. The lowest BCUT2D eigenvalue weighted by molar-refractivity contribution is -0.129. The second-order valence-electron chi connectivity index (χ2n) is 4.26. The Hall–Kier alpha value is -0.370. The molecule has 2 saturated carbocycles. The van der Waals surface area contributed by atoms with Crippen molar-refractivity contribution < 1.29 is 9.53 Å². The Morgan fingerprint density at radius 3 is 3.00 bits per heavy atom. The van der Waals surface area contributed by atoms with Crippen LogP contribution in [0.4, 0.5) is 0 Å². The van der Waals surface area contributed by atoms with E-state index in [1.54, 1.807) is 0 Å². The van der Waals surface area contributed by atoms with E-state index >= 15 is 0 Å². The lowest BCUT2D eigenvalue weighted by atomic mass is 9.87. The number of hydrogen-bond acceptors (Lipinski definition) is 2. The van der Waals surface area contributed by atoms with Gasteiger partial charge in [0.1, 0.15) is 5.78 Å². The Balaban J connectivity index is 1.97. The summed E-state index contributed by atoms with van der Waals surface area (Å²) in [5.41, 5.74) is 0.0631. The van der Waals surface area contributed by atoms with E-state index in [1.165, 1.54) is 0 Å². The minimum atomic E-state index is 0.0631. The average molecular weight is 168 g/mol. The van der Waals surface area contributed by atoms with Crippen molar-refractivity contribution in [2.24, 2.45) is 11.3 Å². The fourth-order valence-corrected chi connectivity index (χ4v) is 2.34. The molecule has 68 valence electrons. The van der Waals surface area contributed by atoms with Crippen LogP contribution in [0.5, 0.6) is 0 Å². The zero-order valence-corrected chi connectivity index (χ0v) is 7.80. The predicted octanol–water partition coefficient (Wildman–Crippen LogP) is 1.78. The number of carbonyl (C=O) groups excluding carboxylic acids is 1. The normalized spacial score (nSPS) is 45.7. The molecule has 0 bridgehead atoms. The number of Topliss-reactive ketones (excluding diaryl/α,β-unsaturated/α-hetero) is 1. The van der Waals surface area contributed by atoms with Gasteiger partial charge in [0.25, 0.3) is 0 Å². The maximum atomic E-state index is 11.6.